The average molecular weight is 486 g/mol. The van der Waals surface area contributed by atoms with E-state index in [-0.39, 0.29) is 17.6 Å². The summed E-state index contributed by atoms with van der Waals surface area (Å²) in [6, 6.07) is 15.6. The molecular weight excluding hydrogens is 454 g/mol. The number of fused-ring (bicyclic) bond motifs is 2. The third-order valence-electron chi connectivity index (χ3n) is 7.58. The Bertz CT molecular complexity index is 1280. The van der Waals surface area contributed by atoms with Crippen molar-refractivity contribution in [2.75, 3.05) is 26.3 Å². The number of benzene rings is 2. The summed E-state index contributed by atoms with van der Waals surface area (Å²) < 4.78 is 13.5. The maximum absolute atomic E-state index is 13.7. The maximum Gasteiger partial charge on any atom is 0.274 e. The van der Waals surface area contributed by atoms with Crippen molar-refractivity contribution in [2.24, 2.45) is 5.92 Å². The van der Waals surface area contributed by atoms with Crippen LogP contribution in [0, 0.1) is 5.92 Å². The molecule has 1 saturated heterocycles. The van der Waals surface area contributed by atoms with Crippen LogP contribution in [0.5, 0.6) is 11.5 Å². The van der Waals surface area contributed by atoms with Crippen LogP contribution >= 0.6 is 0 Å². The molecule has 0 N–H and O–H groups in total. The van der Waals surface area contributed by atoms with Gasteiger partial charge in [0, 0.05) is 36.7 Å². The van der Waals surface area contributed by atoms with E-state index in [0.717, 1.165) is 49.3 Å². The van der Waals surface area contributed by atoms with E-state index in [0.29, 0.717) is 61.9 Å². The molecule has 0 aliphatic carbocycles. The van der Waals surface area contributed by atoms with Crippen molar-refractivity contribution in [1.82, 2.24) is 14.5 Å². The third-order valence-corrected chi connectivity index (χ3v) is 7.58. The minimum atomic E-state index is -0.101. The first kappa shape index (κ1) is 22.8. The predicted molar refractivity (Wildman–Crippen MR) is 136 cm³/mol. The Morgan fingerprint density at radius 1 is 0.861 bits per heavy atom. The lowest BCUT2D eigenvalue weighted by atomic mass is 9.88. The standard InChI is InChI=1S/C29H31N3O4/c33-27(22-10-11-24-25(19-22)36-18-17-35-24)20-12-15-31(16-13-20)29(34)26-23-9-5-2-6-14-32(23)28(30-26)21-7-3-1-4-8-21/h1,3-4,7-8,10-11,19-20H,2,5-6,9,12-18H2. The fourth-order valence-corrected chi connectivity index (χ4v) is 5.63. The number of hydrogen-bond donors (Lipinski definition) is 0. The number of aromatic nitrogens is 2. The average Bonchev–Trinajstić information content (AvgIpc) is 3.13. The number of ketones is 1. The largest absolute Gasteiger partial charge is 0.486 e. The van der Waals surface area contributed by atoms with Crippen LogP contribution in [-0.2, 0) is 13.0 Å². The summed E-state index contributed by atoms with van der Waals surface area (Å²) in [6.45, 7) is 3.04. The Morgan fingerprint density at radius 3 is 2.44 bits per heavy atom. The van der Waals surface area contributed by atoms with Gasteiger partial charge < -0.3 is 18.9 Å². The normalized spacial score (nSPS) is 17.8. The lowest BCUT2D eigenvalue weighted by Crippen LogP contribution is -2.40. The number of ether oxygens (including phenoxy) is 2. The van der Waals surface area contributed by atoms with Gasteiger partial charge in [-0.25, -0.2) is 4.98 Å². The quantitative estimate of drug-likeness (QED) is 0.497. The number of likely N-dealkylation sites (tertiary alicyclic amines) is 1. The van der Waals surface area contributed by atoms with E-state index >= 15 is 0 Å². The Hall–Kier alpha value is -3.61. The van der Waals surface area contributed by atoms with Gasteiger partial charge in [0.15, 0.2) is 17.3 Å². The monoisotopic (exact) mass is 485 g/mol. The molecule has 36 heavy (non-hydrogen) atoms. The smallest absolute Gasteiger partial charge is 0.274 e. The summed E-state index contributed by atoms with van der Waals surface area (Å²) in [5.41, 5.74) is 3.34. The molecule has 0 unspecified atom stereocenters. The number of Topliss-reactive ketones (excluding diaryl/α,β-unsaturated/α-hetero) is 1. The fraction of sp³-hybridized carbons (Fsp3) is 0.414. The molecule has 4 heterocycles. The van der Waals surface area contributed by atoms with Gasteiger partial charge in [-0.2, -0.15) is 0 Å². The number of carbonyl (C=O) groups is 2. The van der Waals surface area contributed by atoms with Crippen LogP contribution in [0.1, 0.15) is 58.6 Å². The van der Waals surface area contributed by atoms with Gasteiger partial charge in [0.25, 0.3) is 5.91 Å². The molecule has 2 aromatic carbocycles. The molecule has 0 atom stereocenters. The van der Waals surface area contributed by atoms with E-state index < -0.39 is 0 Å². The summed E-state index contributed by atoms with van der Waals surface area (Å²) >= 11 is 0. The van der Waals surface area contributed by atoms with Gasteiger partial charge in [-0.05, 0) is 50.3 Å². The molecule has 3 aliphatic rings. The zero-order valence-corrected chi connectivity index (χ0v) is 20.4. The predicted octanol–water partition coefficient (Wildman–Crippen LogP) is 4.78. The van der Waals surface area contributed by atoms with Gasteiger partial charge in [0.05, 0.1) is 5.69 Å². The van der Waals surface area contributed by atoms with Crippen LogP contribution in [0.4, 0.5) is 0 Å². The molecule has 0 bridgehead atoms. The first-order chi connectivity index (χ1) is 17.7. The second kappa shape index (κ2) is 9.80. The number of piperidine rings is 1. The van der Waals surface area contributed by atoms with Crippen LogP contribution < -0.4 is 9.47 Å². The minimum absolute atomic E-state index is 0.00643. The number of carbonyl (C=O) groups excluding carboxylic acids is 2. The summed E-state index contributed by atoms with van der Waals surface area (Å²) in [6.07, 6.45) is 5.52. The molecule has 1 aromatic heterocycles. The van der Waals surface area contributed by atoms with E-state index in [1.165, 1.54) is 0 Å². The van der Waals surface area contributed by atoms with Gasteiger partial charge in [-0.15, -0.1) is 0 Å². The number of imidazole rings is 1. The second-order valence-electron chi connectivity index (χ2n) is 9.85. The van der Waals surface area contributed by atoms with E-state index in [1.807, 2.05) is 35.2 Å². The van der Waals surface area contributed by atoms with E-state index in [2.05, 4.69) is 16.7 Å². The fourth-order valence-electron chi connectivity index (χ4n) is 5.63. The van der Waals surface area contributed by atoms with Crippen molar-refractivity contribution in [3.8, 4) is 22.9 Å². The molecule has 6 rings (SSSR count). The van der Waals surface area contributed by atoms with E-state index in [9.17, 15) is 9.59 Å². The highest BCUT2D eigenvalue weighted by Gasteiger charge is 2.32. The highest BCUT2D eigenvalue weighted by Crippen LogP contribution is 2.33. The zero-order valence-electron chi connectivity index (χ0n) is 20.4. The van der Waals surface area contributed by atoms with Crippen LogP contribution in [-0.4, -0.2) is 52.4 Å². The molecule has 3 aliphatic heterocycles. The molecule has 0 saturated carbocycles. The number of hydrogen-bond acceptors (Lipinski definition) is 5. The summed E-state index contributed by atoms with van der Waals surface area (Å²) in [7, 11) is 0. The lowest BCUT2D eigenvalue weighted by Gasteiger charge is -2.31. The zero-order chi connectivity index (χ0) is 24.5. The van der Waals surface area contributed by atoms with Crippen molar-refractivity contribution in [3.63, 3.8) is 0 Å². The lowest BCUT2D eigenvalue weighted by molar-refractivity contribution is 0.0644. The van der Waals surface area contributed by atoms with Crippen molar-refractivity contribution in [3.05, 3.63) is 65.5 Å². The molecule has 0 radical (unpaired) electrons. The van der Waals surface area contributed by atoms with Crippen LogP contribution in [0.3, 0.4) is 0 Å². The molecule has 7 nitrogen and oxygen atoms in total. The van der Waals surface area contributed by atoms with Crippen molar-refractivity contribution in [1.29, 1.82) is 0 Å². The molecule has 1 fully saturated rings. The Balaban J connectivity index is 1.18. The van der Waals surface area contributed by atoms with Crippen molar-refractivity contribution < 1.29 is 19.1 Å². The summed E-state index contributed by atoms with van der Waals surface area (Å²) in [5, 5.41) is 0. The summed E-state index contributed by atoms with van der Waals surface area (Å²) in [5.74, 6) is 2.21. The molecule has 0 spiro atoms. The Labute approximate surface area is 211 Å². The SMILES string of the molecule is O=C(c1ccc2c(c1)OCCO2)C1CCN(C(=O)c2nc(-c3ccccc3)n3c2CCCCC3)CC1. The molecular formula is C29H31N3O4. The number of amides is 1. The van der Waals surface area contributed by atoms with Crippen LogP contribution in [0.25, 0.3) is 11.4 Å². The van der Waals surface area contributed by atoms with E-state index in [4.69, 9.17) is 14.5 Å². The number of nitrogens with zero attached hydrogens (tertiary/aromatic N) is 3. The van der Waals surface area contributed by atoms with Gasteiger partial charge in [0.1, 0.15) is 24.7 Å². The van der Waals surface area contributed by atoms with Crippen LogP contribution in [0.15, 0.2) is 48.5 Å². The molecule has 7 heteroatoms. The highest BCUT2D eigenvalue weighted by molar-refractivity contribution is 5.99. The van der Waals surface area contributed by atoms with Gasteiger partial charge in [-0.3, -0.25) is 9.59 Å². The Morgan fingerprint density at radius 2 is 1.64 bits per heavy atom. The first-order valence-corrected chi connectivity index (χ1v) is 13.1. The molecule has 1 amide bonds. The molecule has 3 aromatic rings. The van der Waals surface area contributed by atoms with Crippen LogP contribution in [0.2, 0.25) is 0 Å². The minimum Gasteiger partial charge on any atom is -0.486 e. The van der Waals surface area contributed by atoms with Gasteiger partial charge in [0.2, 0.25) is 0 Å². The highest BCUT2D eigenvalue weighted by atomic mass is 16.6. The topological polar surface area (TPSA) is 73.7 Å². The van der Waals surface area contributed by atoms with Gasteiger partial charge in [-0.1, -0.05) is 36.8 Å². The number of rotatable bonds is 4. The first-order valence-electron chi connectivity index (χ1n) is 13.1. The van der Waals surface area contributed by atoms with Crippen molar-refractivity contribution >= 4 is 11.7 Å². The Kier molecular flexibility index (Phi) is 6.21. The van der Waals surface area contributed by atoms with Crippen molar-refractivity contribution in [2.45, 2.75) is 45.1 Å². The second-order valence-corrected chi connectivity index (χ2v) is 9.85. The summed E-state index contributed by atoms with van der Waals surface area (Å²) in [4.78, 5) is 33.7. The van der Waals surface area contributed by atoms with E-state index in [1.54, 1.807) is 6.07 Å². The van der Waals surface area contributed by atoms with Gasteiger partial charge >= 0.3 is 0 Å². The maximum atomic E-state index is 13.7. The third kappa shape index (κ3) is 4.27. The molecule has 186 valence electrons.